The highest BCUT2D eigenvalue weighted by Gasteiger charge is 2.68. The van der Waals surface area contributed by atoms with Crippen LogP contribution in [0.15, 0.2) is 54.6 Å². The topological polar surface area (TPSA) is 128 Å². The maximum Gasteiger partial charge on any atom is 0.573 e. The summed E-state index contributed by atoms with van der Waals surface area (Å²) in [6.45, 7) is -0.325. The van der Waals surface area contributed by atoms with Gasteiger partial charge in [-0.25, -0.2) is 0 Å². The summed E-state index contributed by atoms with van der Waals surface area (Å²) in [5, 5.41) is 25.7. The van der Waals surface area contributed by atoms with Crippen molar-refractivity contribution in [2.75, 3.05) is 19.7 Å². The third-order valence-electron chi connectivity index (χ3n) is 6.51. The standard InChI is InChI=1S/C24H24F3N3O6/c25-24(26,27)36-16-8-4-7-15(11-16)19-17-18(23(13-31,29-19)22(34)35)21(33)30(20(17)32)10-9-28-12-14-5-2-1-3-6-14/h1-8,11,17-19,28-29,31H,9-10,12-13H2,(H,34,35). The normalized spacial score (nSPS) is 25.8. The molecular weight excluding hydrogens is 483 g/mol. The number of rotatable bonds is 9. The molecule has 0 aromatic heterocycles. The van der Waals surface area contributed by atoms with E-state index in [9.17, 15) is 37.8 Å². The number of ether oxygens (including phenoxy) is 1. The second-order valence-corrected chi connectivity index (χ2v) is 8.67. The van der Waals surface area contributed by atoms with Gasteiger partial charge >= 0.3 is 12.3 Å². The molecule has 0 aliphatic carbocycles. The van der Waals surface area contributed by atoms with Crippen molar-refractivity contribution < 1.29 is 42.5 Å². The van der Waals surface area contributed by atoms with Gasteiger partial charge in [-0.3, -0.25) is 24.6 Å². The first-order valence-electron chi connectivity index (χ1n) is 11.1. The molecule has 0 radical (unpaired) electrons. The number of likely N-dealkylation sites (tertiary alicyclic amines) is 1. The number of imide groups is 1. The zero-order chi connectivity index (χ0) is 26.1. The van der Waals surface area contributed by atoms with Crippen molar-refractivity contribution in [2.45, 2.75) is 24.5 Å². The highest BCUT2D eigenvalue weighted by Crippen LogP contribution is 2.49. The fourth-order valence-electron chi connectivity index (χ4n) is 4.90. The Morgan fingerprint density at radius 2 is 1.83 bits per heavy atom. The summed E-state index contributed by atoms with van der Waals surface area (Å²) in [6.07, 6.45) is -4.96. The Kier molecular flexibility index (Phi) is 7.03. The molecule has 4 rings (SSSR count). The van der Waals surface area contributed by atoms with Gasteiger partial charge in [0.2, 0.25) is 11.8 Å². The number of fused-ring (bicyclic) bond motifs is 1. The van der Waals surface area contributed by atoms with E-state index in [4.69, 9.17) is 0 Å². The molecular formula is C24H24F3N3O6. The molecule has 2 heterocycles. The van der Waals surface area contributed by atoms with Crippen molar-refractivity contribution in [3.8, 4) is 5.75 Å². The molecule has 2 saturated heterocycles. The van der Waals surface area contributed by atoms with Gasteiger partial charge < -0.3 is 20.3 Å². The van der Waals surface area contributed by atoms with Gasteiger partial charge in [-0.15, -0.1) is 13.2 Å². The van der Waals surface area contributed by atoms with Gasteiger partial charge in [-0.2, -0.15) is 0 Å². The molecule has 0 bridgehead atoms. The van der Waals surface area contributed by atoms with Gasteiger partial charge in [0.25, 0.3) is 0 Å². The van der Waals surface area contributed by atoms with Crippen LogP contribution in [0.1, 0.15) is 17.2 Å². The monoisotopic (exact) mass is 507 g/mol. The molecule has 2 fully saturated rings. The van der Waals surface area contributed by atoms with Gasteiger partial charge in [0, 0.05) is 25.7 Å². The van der Waals surface area contributed by atoms with Crippen LogP contribution in [0.4, 0.5) is 13.2 Å². The maximum absolute atomic E-state index is 13.3. The average Bonchev–Trinajstić information content (AvgIpc) is 3.31. The molecule has 0 saturated carbocycles. The van der Waals surface area contributed by atoms with Crippen LogP contribution in [-0.4, -0.2) is 64.5 Å². The number of nitrogens with one attached hydrogen (secondary N) is 2. The molecule has 9 nitrogen and oxygen atoms in total. The van der Waals surface area contributed by atoms with E-state index < -0.39 is 59.9 Å². The van der Waals surface area contributed by atoms with Crippen LogP contribution in [0.3, 0.4) is 0 Å². The van der Waals surface area contributed by atoms with E-state index in [2.05, 4.69) is 15.4 Å². The molecule has 0 spiro atoms. The number of aliphatic hydroxyl groups is 1. The smallest absolute Gasteiger partial charge is 0.480 e. The molecule has 2 amide bonds. The maximum atomic E-state index is 13.3. The number of aliphatic carboxylic acids is 1. The van der Waals surface area contributed by atoms with E-state index in [1.165, 1.54) is 12.1 Å². The number of carbonyl (C=O) groups is 3. The fraction of sp³-hybridized carbons (Fsp3) is 0.375. The van der Waals surface area contributed by atoms with Gasteiger partial charge in [-0.05, 0) is 23.3 Å². The average molecular weight is 507 g/mol. The summed E-state index contributed by atoms with van der Waals surface area (Å²) in [5.41, 5.74) is -1.08. The predicted octanol–water partition coefficient (Wildman–Crippen LogP) is 1.44. The molecule has 2 aliphatic rings. The lowest BCUT2D eigenvalue weighted by molar-refractivity contribution is -0.274. The van der Waals surface area contributed by atoms with Gasteiger partial charge in [0.1, 0.15) is 5.75 Å². The third kappa shape index (κ3) is 4.79. The lowest BCUT2D eigenvalue weighted by Crippen LogP contribution is -2.58. The molecule has 4 unspecified atom stereocenters. The van der Waals surface area contributed by atoms with Crippen molar-refractivity contribution in [1.82, 2.24) is 15.5 Å². The Morgan fingerprint density at radius 3 is 2.47 bits per heavy atom. The van der Waals surface area contributed by atoms with E-state index >= 15 is 0 Å². The minimum absolute atomic E-state index is 0.0391. The summed E-state index contributed by atoms with van der Waals surface area (Å²) >= 11 is 0. The minimum Gasteiger partial charge on any atom is -0.480 e. The Hall–Kier alpha value is -3.48. The van der Waals surface area contributed by atoms with E-state index in [1.54, 1.807) is 0 Å². The summed E-state index contributed by atoms with van der Waals surface area (Å²) in [4.78, 5) is 39.8. The number of carbonyl (C=O) groups excluding carboxylic acids is 2. The number of halogens is 3. The quantitative estimate of drug-likeness (QED) is 0.297. The third-order valence-corrected chi connectivity index (χ3v) is 6.51. The molecule has 36 heavy (non-hydrogen) atoms. The molecule has 4 atom stereocenters. The Labute approximate surface area is 203 Å². The van der Waals surface area contributed by atoms with Crippen LogP contribution in [0.2, 0.25) is 0 Å². The van der Waals surface area contributed by atoms with E-state index in [0.29, 0.717) is 6.54 Å². The predicted molar refractivity (Wildman–Crippen MR) is 118 cm³/mol. The highest BCUT2D eigenvalue weighted by atomic mass is 19.4. The van der Waals surface area contributed by atoms with Crippen molar-refractivity contribution >= 4 is 17.8 Å². The SMILES string of the molecule is O=C1C2C(c3cccc(OC(F)(F)F)c3)NC(CO)(C(=O)O)C2C(=O)N1CCNCc1ccccc1. The van der Waals surface area contributed by atoms with Crippen molar-refractivity contribution in [3.05, 3.63) is 65.7 Å². The number of amides is 2. The number of carboxylic acids is 1. The second kappa shape index (κ2) is 9.88. The molecule has 2 aliphatic heterocycles. The lowest BCUT2D eigenvalue weighted by Gasteiger charge is -2.29. The largest absolute Gasteiger partial charge is 0.573 e. The summed E-state index contributed by atoms with van der Waals surface area (Å²) in [7, 11) is 0. The molecule has 4 N–H and O–H groups in total. The van der Waals surface area contributed by atoms with Crippen LogP contribution in [0.25, 0.3) is 0 Å². The number of hydrogen-bond acceptors (Lipinski definition) is 7. The number of carboxylic acid groups (broad SMARTS) is 1. The van der Waals surface area contributed by atoms with Crippen LogP contribution in [0, 0.1) is 11.8 Å². The number of benzene rings is 2. The zero-order valence-corrected chi connectivity index (χ0v) is 18.9. The van der Waals surface area contributed by atoms with Crippen molar-refractivity contribution in [1.29, 1.82) is 0 Å². The van der Waals surface area contributed by atoms with E-state index in [-0.39, 0.29) is 18.7 Å². The first kappa shape index (κ1) is 25.6. The van der Waals surface area contributed by atoms with Crippen LogP contribution < -0.4 is 15.4 Å². The van der Waals surface area contributed by atoms with Crippen molar-refractivity contribution in [3.63, 3.8) is 0 Å². The number of aliphatic hydroxyl groups excluding tert-OH is 1. The summed E-state index contributed by atoms with van der Waals surface area (Å²) in [5.74, 6) is -6.22. The van der Waals surface area contributed by atoms with Crippen LogP contribution >= 0.6 is 0 Å². The summed E-state index contributed by atoms with van der Waals surface area (Å²) in [6, 6.07) is 13.0. The lowest BCUT2D eigenvalue weighted by atomic mass is 9.79. The first-order valence-corrected chi connectivity index (χ1v) is 11.1. The highest BCUT2D eigenvalue weighted by molar-refractivity contribution is 6.09. The van der Waals surface area contributed by atoms with Crippen LogP contribution in [0.5, 0.6) is 5.75 Å². The van der Waals surface area contributed by atoms with Gasteiger partial charge in [0.05, 0.1) is 18.4 Å². The van der Waals surface area contributed by atoms with E-state index in [1.807, 2.05) is 30.3 Å². The number of alkyl halides is 3. The summed E-state index contributed by atoms with van der Waals surface area (Å²) < 4.78 is 42.1. The Bertz CT molecular complexity index is 1150. The number of nitrogens with zero attached hydrogens (tertiary/aromatic N) is 1. The second-order valence-electron chi connectivity index (χ2n) is 8.67. The Morgan fingerprint density at radius 1 is 1.11 bits per heavy atom. The number of hydrogen-bond donors (Lipinski definition) is 4. The van der Waals surface area contributed by atoms with Crippen LogP contribution in [-0.2, 0) is 20.9 Å². The van der Waals surface area contributed by atoms with Gasteiger partial charge in [0.15, 0.2) is 5.54 Å². The van der Waals surface area contributed by atoms with Crippen molar-refractivity contribution in [2.24, 2.45) is 11.8 Å². The van der Waals surface area contributed by atoms with E-state index in [0.717, 1.165) is 22.6 Å². The fourth-order valence-corrected chi connectivity index (χ4v) is 4.90. The molecule has 12 heteroatoms. The molecule has 2 aromatic carbocycles. The first-order chi connectivity index (χ1) is 17.1. The Balaban J connectivity index is 1.58. The minimum atomic E-state index is -4.96. The zero-order valence-electron chi connectivity index (χ0n) is 18.9. The molecule has 192 valence electrons. The molecule has 2 aromatic rings. The van der Waals surface area contributed by atoms with Gasteiger partial charge in [-0.1, -0.05) is 42.5 Å².